The zero-order chi connectivity index (χ0) is 10.3. The molecule has 1 aromatic carbocycles. The first-order valence-electron chi connectivity index (χ1n) is 4.04. The van der Waals surface area contributed by atoms with E-state index in [1.165, 1.54) is 6.20 Å². The van der Waals surface area contributed by atoms with Crippen molar-refractivity contribution in [1.29, 1.82) is 0 Å². The van der Waals surface area contributed by atoms with E-state index in [-0.39, 0.29) is 4.90 Å². The molecule has 0 radical (unpaired) electrons. The van der Waals surface area contributed by atoms with E-state index in [2.05, 4.69) is 4.98 Å². The molecule has 0 aliphatic heterocycles. The van der Waals surface area contributed by atoms with E-state index in [1.54, 1.807) is 12.1 Å². The lowest BCUT2D eigenvalue weighted by molar-refractivity contribution is 0.484. The van der Waals surface area contributed by atoms with Gasteiger partial charge in [0.25, 0.3) is 10.1 Å². The molecule has 0 aliphatic rings. The quantitative estimate of drug-likeness (QED) is 0.705. The van der Waals surface area contributed by atoms with Gasteiger partial charge in [0.1, 0.15) is 4.90 Å². The van der Waals surface area contributed by atoms with Gasteiger partial charge in [-0.1, -0.05) is 12.1 Å². The summed E-state index contributed by atoms with van der Waals surface area (Å²) < 4.78 is 30.8. The van der Waals surface area contributed by atoms with E-state index >= 15 is 0 Å². The molecule has 74 valence electrons. The van der Waals surface area contributed by atoms with E-state index in [0.29, 0.717) is 10.9 Å². The number of hydrogen-bond donors (Lipinski definition) is 2. The topological polar surface area (TPSA) is 70.2 Å². The molecule has 2 rings (SSSR count). The number of rotatable bonds is 1. The fourth-order valence-corrected chi connectivity index (χ4v) is 2.09. The van der Waals surface area contributed by atoms with Crippen molar-refractivity contribution in [1.82, 2.24) is 4.98 Å². The number of benzene rings is 1. The predicted octanol–water partition coefficient (Wildman–Crippen LogP) is 1.72. The molecule has 0 aliphatic carbocycles. The highest BCUT2D eigenvalue weighted by Crippen LogP contribution is 2.22. The summed E-state index contributed by atoms with van der Waals surface area (Å²) in [4.78, 5) is 2.72. The summed E-state index contributed by atoms with van der Waals surface area (Å²) in [7, 11) is -4.13. The molecule has 2 N–H and O–H groups in total. The molecule has 14 heavy (non-hydrogen) atoms. The van der Waals surface area contributed by atoms with E-state index in [0.717, 1.165) is 5.56 Å². The second kappa shape index (κ2) is 2.83. The fourth-order valence-electron chi connectivity index (χ4n) is 1.43. The van der Waals surface area contributed by atoms with Gasteiger partial charge in [-0.2, -0.15) is 8.42 Å². The summed E-state index contributed by atoms with van der Waals surface area (Å²) in [5, 5.41) is 0.512. The Labute approximate surface area is 81.3 Å². The minimum Gasteiger partial charge on any atom is -0.360 e. The van der Waals surface area contributed by atoms with Crippen LogP contribution in [0.2, 0.25) is 0 Å². The van der Waals surface area contributed by atoms with E-state index in [4.69, 9.17) is 4.55 Å². The highest BCUT2D eigenvalue weighted by Gasteiger charge is 2.14. The van der Waals surface area contributed by atoms with Gasteiger partial charge in [0.15, 0.2) is 0 Å². The van der Waals surface area contributed by atoms with Crippen LogP contribution in [0.25, 0.3) is 10.9 Å². The van der Waals surface area contributed by atoms with Gasteiger partial charge < -0.3 is 4.98 Å². The predicted molar refractivity (Wildman–Crippen MR) is 52.9 cm³/mol. The van der Waals surface area contributed by atoms with Crippen molar-refractivity contribution in [3.63, 3.8) is 0 Å². The van der Waals surface area contributed by atoms with Crippen LogP contribution in [0.5, 0.6) is 0 Å². The number of H-pyrrole nitrogens is 1. The average molecular weight is 211 g/mol. The number of fused-ring (bicyclic) bond motifs is 1. The summed E-state index contributed by atoms with van der Waals surface area (Å²) in [6, 6.07) is 5.29. The Morgan fingerprint density at radius 3 is 2.71 bits per heavy atom. The molecular weight excluding hydrogens is 202 g/mol. The Bertz CT molecular complexity index is 583. The fraction of sp³-hybridized carbons (Fsp3) is 0.111. The number of aromatic nitrogens is 1. The van der Waals surface area contributed by atoms with Crippen molar-refractivity contribution in [2.45, 2.75) is 11.8 Å². The van der Waals surface area contributed by atoms with Crippen LogP contribution in [0.3, 0.4) is 0 Å². The Morgan fingerprint density at radius 1 is 1.36 bits per heavy atom. The molecule has 2 aromatic rings. The first kappa shape index (κ1) is 9.23. The van der Waals surface area contributed by atoms with Crippen molar-refractivity contribution < 1.29 is 13.0 Å². The van der Waals surface area contributed by atoms with Gasteiger partial charge >= 0.3 is 0 Å². The monoisotopic (exact) mass is 211 g/mol. The van der Waals surface area contributed by atoms with Crippen molar-refractivity contribution in [3.05, 3.63) is 30.0 Å². The first-order valence-corrected chi connectivity index (χ1v) is 5.48. The van der Waals surface area contributed by atoms with Gasteiger partial charge in [0, 0.05) is 17.1 Å². The smallest absolute Gasteiger partial charge is 0.296 e. The minimum absolute atomic E-state index is 0.0764. The third-order valence-electron chi connectivity index (χ3n) is 2.08. The molecule has 0 fully saturated rings. The molecular formula is C9H9NO3S. The molecule has 0 saturated heterocycles. The molecule has 1 heterocycles. The summed E-state index contributed by atoms with van der Waals surface area (Å²) in [6.07, 6.45) is 1.29. The zero-order valence-corrected chi connectivity index (χ0v) is 8.30. The van der Waals surface area contributed by atoms with E-state index < -0.39 is 10.1 Å². The van der Waals surface area contributed by atoms with Crippen LogP contribution in [0.1, 0.15) is 5.56 Å². The van der Waals surface area contributed by atoms with Gasteiger partial charge in [0.05, 0.1) is 0 Å². The normalized spacial score (nSPS) is 12.1. The van der Waals surface area contributed by atoms with E-state index in [1.807, 2.05) is 13.0 Å². The van der Waals surface area contributed by atoms with Crippen molar-refractivity contribution in [2.24, 2.45) is 0 Å². The van der Waals surface area contributed by atoms with Gasteiger partial charge in [-0.25, -0.2) is 0 Å². The second-order valence-electron chi connectivity index (χ2n) is 3.18. The third kappa shape index (κ3) is 1.40. The molecule has 0 atom stereocenters. The zero-order valence-electron chi connectivity index (χ0n) is 7.48. The van der Waals surface area contributed by atoms with Crippen LogP contribution in [0.4, 0.5) is 0 Å². The molecule has 5 heteroatoms. The van der Waals surface area contributed by atoms with Crippen LogP contribution in [-0.2, 0) is 10.1 Å². The largest absolute Gasteiger partial charge is 0.360 e. The van der Waals surface area contributed by atoms with Gasteiger partial charge in [-0.15, -0.1) is 0 Å². The van der Waals surface area contributed by atoms with Crippen LogP contribution in [0, 0.1) is 6.92 Å². The van der Waals surface area contributed by atoms with Crippen molar-refractivity contribution >= 4 is 21.0 Å². The Kier molecular flexibility index (Phi) is 1.87. The maximum Gasteiger partial charge on any atom is 0.296 e. The lowest BCUT2D eigenvalue weighted by Gasteiger charge is -1.95. The Hall–Kier alpha value is -1.33. The maximum atomic E-state index is 10.9. The highest BCUT2D eigenvalue weighted by molar-refractivity contribution is 7.86. The molecule has 0 saturated carbocycles. The SMILES string of the molecule is Cc1ccc2c(S(=O)(=O)O)c[nH]c2c1. The van der Waals surface area contributed by atoms with Gasteiger partial charge in [0.2, 0.25) is 0 Å². The highest BCUT2D eigenvalue weighted by atomic mass is 32.2. The molecule has 0 amide bonds. The molecule has 4 nitrogen and oxygen atoms in total. The summed E-state index contributed by atoms with van der Waals surface area (Å²) in [5.74, 6) is 0. The standard InChI is InChI=1S/C9H9NO3S/c1-6-2-3-7-8(4-6)10-5-9(7)14(11,12)13/h2-5,10H,1H3,(H,11,12,13). The van der Waals surface area contributed by atoms with Crippen LogP contribution < -0.4 is 0 Å². The Morgan fingerprint density at radius 2 is 2.07 bits per heavy atom. The molecule has 0 unspecified atom stereocenters. The molecule has 1 aromatic heterocycles. The average Bonchev–Trinajstić information content (AvgIpc) is 2.45. The van der Waals surface area contributed by atoms with E-state index in [9.17, 15) is 8.42 Å². The second-order valence-corrected chi connectivity index (χ2v) is 4.57. The minimum atomic E-state index is -4.13. The molecule has 0 spiro atoms. The lowest BCUT2D eigenvalue weighted by Crippen LogP contribution is -1.95. The number of nitrogens with one attached hydrogen (secondary N) is 1. The van der Waals surface area contributed by atoms with Gasteiger partial charge in [-0.3, -0.25) is 4.55 Å². The summed E-state index contributed by atoms with van der Waals surface area (Å²) >= 11 is 0. The number of hydrogen-bond acceptors (Lipinski definition) is 2. The van der Waals surface area contributed by atoms with Crippen LogP contribution in [-0.4, -0.2) is 18.0 Å². The Balaban J connectivity index is 2.83. The molecule has 0 bridgehead atoms. The first-order chi connectivity index (χ1) is 6.48. The lowest BCUT2D eigenvalue weighted by atomic mass is 10.2. The summed E-state index contributed by atoms with van der Waals surface area (Å²) in [5.41, 5.74) is 1.74. The summed E-state index contributed by atoms with van der Waals surface area (Å²) in [6.45, 7) is 1.91. The van der Waals surface area contributed by atoms with Gasteiger partial charge in [-0.05, 0) is 18.6 Å². The number of aromatic amines is 1. The maximum absolute atomic E-state index is 10.9. The van der Waals surface area contributed by atoms with Crippen LogP contribution >= 0.6 is 0 Å². The van der Waals surface area contributed by atoms with Crippen molar-refractivity contribution in [3.8, 4) is 0 Å². The number of aryl methyl sites for hydroxylation is 1. The van der Waals surface area contributed by atoms with Crippen molar-refractivity contribution in [2.75, 3.05) is 0 Å². The third-order valence-corrected chi connectivity index (χ3v) is 2.97. The van der Waals surface area contributed by atoms with Crippen LogP contribution in [0.15, 0.2) is 29.3 Å².